The van der Waals surface area contributed by atoms with Crippen molar-refractivity contribution in [1.29, 1.82) is 0 Å². The quantitative estimate of drug-likeness (QED) is 0.125. The Hall–Kier alpha value is -4.42. The normalized spacial score (nSPS) is 16.9. The fraction of sp³-hybridized carbons (Fsp3) is 0.257. The Labute approximate surface area is 265 Å². The third-order valence-electron chi connectivity index (χ3n) is 7.26. The molecule has 0 bridgehead atoms. The van der Waals surface area contributed by atoms with Crippen LogP contribution in [0.5, 0.6) is 11.5 Å². The van der Waals surface area contributed by atoms with Crippen LogP contribution in [0.2, 0.25) is 0 Å². The van der Waals surface area contributed by atoms with Gasteiger partial charge in [0, 0.05) is 28.7 Å². The molecule has 248 valence electrons. The molecule has 0 N–H and O–H groups in total. The first-order valence-corrected chi connectivity index (χ1v) is 14.6. The molecule has 0 aliphatic carbocycles. The lowest BCUT2D eigenvalue weighted by atomic mass is 9.99. The molecule has 4 nitrogen and oxygen atoms in total. The van der Waals surface area contributed by atoms with Crippen molar-refractivity contribution >= 4 is 0 Å². The molecule has 0 amide bonds. The molecule has 1 saturated heterocycles. The van der Waals surface area contributed by atoms with E-state index in [2.05, 4.69) is 4.74 Å². The zero-order valence-corrected chi connectivity index (χ0v) is 25.1. The number of rotatable bonds is 10. The van der Waals surface area contributed by atoms with E-state index in [0.717, 1.165) is 42.8 Å². The van der Waals surface area contributed by atoms with Gasteiger partial charge in [-0.15, -0.1) is 0 Å². The maximum absolute atomic E-state index is 15.1. The molecule has 0 aromatic heterocycles. The van der Waals surface area contributed by atoms with Crippen molar-refractivity contribution in [3.05, 3.63) is 119 Å². The van der Waals surface area contributed by atoms with Crippen LogP contribution in [-0.2, 0) is 15.6 Å². The number of allylic oxidation sites excluding steroid dienone is 1. The van der Waals surface area contributed by atoms with Gasteiger partial charge in [-0.1, -0.05) is 31.2 Å². The summed E-state index contributed by atoms with van der Waals surface area (Å²) in [6, 6.07) is 8.85. The molecule has 12 heteroatoms. The second-order valence-electron chi connectivity index (χ2n) is 10.6. The molecule has 5 rings (SSSR count). The lowest BCUT2D eigenvalue weighted by Crippen LogP contribution is -2.28. The van der Waals surface area contributed by atoms with Crippen molar-refractivity contribution in [2.24, 2.45) is 5.92 Å². The molecule has 0 spiro atoms. The third-order valence-corrected chi connectivity index (χ3v) is 7.26. The van der Waals surface area contributed by atoms with Crippen LogP contribution in [0.25, 0.3) is 22.3 Å². The van der Waals surface area contributed by atoms with Crippen LogP contribution in [0.15, 0.2) is 72.8 Å². The van der Waals surface area contributed by atoms with E-state index in [1.54, 1.807) is 0 Å². The van der Waals surface area contributed by atoms with Gasteiger partial charge in [-0.2, -0.15) is 8.78 Å². The number of ether oxygens (including phenoxy) is 4. The molecule has 1 heterocycles. The fourth-order valence-electron chi connectivity index (χ4n) is 5.06. The molecule has 0 atom stereocenters. The average molecular weight is 665 g/mol. The van der Waals surface area contributed by atoms with E-state index >= 15 is 17.6 Å². The van der Waals surface area contributed by atoms with Crippen molar-refractivity contribution in [2.75, 3.05) is 19.8 Å². The second-order valence-corrected chi connectivity index (χ2v) is 10.6. The zero-order valence-electron chi connectivity index (χ0n) is 25.1. The van der Waals surface area contributed by atoms with E-state index in [1.807, 2.05) is 19.1 Å². The molecule has 47 heavy (non-hydrogen) atoms. The Bertz CT molecular complexity index is 1740. The predicted octanol–water partition coefficient (Wildman–Crippen LogP) is 10.0. The molecule has 0 saturated carbocycles. The van der Waals surface area contributed by atoms with E-state index in [0.29, 0.717) is 18.2 Å². The van der Waals surface area contributed by atoms with Crippen molar-refractivity contribution in [3.63, 3.8) is 0 Å². The molecule has 0 unspecified atom stereocenters. The van der Waals surface area contributed by atoms with Gasteiger partial charge < -0.3 is 18.9 Å². The summed E-state index contributed by atoms with van der Waals surface area (Å²) in [5, 5.41) is 0. The summed E-state index contributed by atoms with van der Waals surface area (Å²) in [4.78, 5) is 0. The molecule has 4 aromatic carbocycles. The van der Waals surface area contributed by atoms with E-state index in [4.69, 9.17) is 14.2 Å². The van der Waals surface area contributed by atoms with E-state index in [-0.39, 0.29) is 53.6 Å². The Morgan fingerprint density at radius 2 is 1.30 bits per heavy atom. The summed E-state index contributed by atoms with van der Waals surface area (Å²) in [5.41, 5.74) is -2.47. The topological polar surface area (TPSA) is 36.9 Å². The zero-order chi connectivity index (χ0) is 33.9. The third kappa shape index (κ3) is 7.44. The summed E-state index contributed by atoms with van der Waals surface area (Å²) in [6.45, 7) is 3.90. The van der Waals surface area contributed by atoms with Crippen LogP contribution >= 0.6 is 0 Å². The highest BCUT2D eigenvalue weighted by Gasteiger charge is 2.42. The molecule has 1 fully saturated rings. The Balaban J connectivity index is 1.32. The highest BCUT2D eigenvalue weighted by molar-refractivity contribution is 5.72. The summed E-state index contributed by atoms with van der Waals surface area (Å²) >= 11 is 0. The van der Waals surface area contributed by atoms with Crippen LogP contribution in [0.3, 0.4) is 0 Å². The van der Waals surface area contributed by atoms with Crippen LogP contribution in [0.4, 0.5) is 35.1 Å². The number of alkyl halides is 2. The Morgan fingerprint density at radius 1 is 0.723 bits per heavy atom. The van der Waals surface area contributed by atoms with Gasteiger partial charge in [0.15, 0.2) is 23.7 Å². The smallest absolute Gasteiger partial charge is 0.432 e. The van der Waals surface area contributed by atoms with Gasteiger partial charge in [0.2, 0.25) is 0 Å². The van der Waals surface area contributed by atoms with Crippen molar-refractivity contribution in [1.82, 2.24) is 0 Å². The first kappa shape index (κ1) is 33.9. The molecule has 1 aliphatic rings. The maximum Gasteiger partial charge on any atom is 0.432 e. The Morgan fingerprint density at radius 3 is 1.87 bits per heavy atom. The van der Waals surface area contributed by atoms with Gasteiger partial charge in [-0.05, 0) is 66.9 Å². The minimum absolute atomic E-state index is 0.00823. The second kappa shape index (κ2) is 14.1. The molecular weight excluding hydrogens is 636 g/mol. The van der Waals surface area contributed by atoms with Gasteiger partial charge in [0.05, 0.1) is 19.8 Å². The lowest BCUT2D eigenvalue weighted by molar-refractivity contribution is -0.198. The SMILES string of the molecule is CCC=CC1COC(c2cc(F)c(C(F)(F)Oc3ccc(-c4ccc(-c5cc(F)c(OCC)c(F)c5)c(F)c4)c(F)c3)c(F)c2)OC1. The standard InChI is InChI=1S/C35H28F8O4/c1-3-5-6-19-17-45-34(46-18-19)22-14-28(38)32(29(39)15-22)35(42,43)47-23-8-10-24(27(37)16-23)20-7-9-25(26(36)11-20)21-12-30(40)33(44-4-2)31(41)13-21/h5-16,19,34H,3-4,17-18H2,1-2H3. The summed E-state index contributed by atoms with van der Waals surface area (Å²) in [6.07, 6.45) is -1.12. The summed E-state index contributed by atoms with van der Waals surface area (Å²) in [7, 11) is 0. The van der Waals surface area contributed by atoms with E-state index in [1.165, 1.54) is 13.0 Å². The molecule has 0 radical (unpaired) electrons. The average Bonchev–Trinajstić information content (AvgIpc) is 3.01. The predicted molar refractivity (Wildman–Crippen MR) is 157 cm³/mol. The van der Waals surface area contributed by atoms with Crippen LogP contribution in [0.1, 0.15) is 37.7 Å². The Kier molecular flexibility index (Phi) is 10.2. The number of hydrogen-bond acceptors (Lipinski definition) is 4. The highest BCUT2D eigenvalue weighted by atomic mass is 19.3. The minimum Gasteiger partial charge on any atom is -0.488 e. The van der Waals surface area contributed by atoms with Crippen LogP contribution in [0, 0.1) is 40.8 Å². The molecule has 4 aromatic rings. The monoisotopic (exact) mass is 664 g/mol. The minimum atomic E-state index is -4.57. The van der Waals surface area contributed by atoms with Gasteiger partial charge in [-0.25, -0.2) is 26.3 Å². The largest absolute Gasteiger partial charge is 0.488 e. The first-order chi connectivity index (χ1) is 22.4. The van der Waals surface area contributed by atoms with Crippen molar-refractivity contribution in [3.8, 4) is 33.8 Å². The molecular formula is C35H28F8O4. The lowest BCUT2D eigenvalue weighted by Gasteiger charge is -2.28. The van der Waals surface area contributed by atoms with Gasteiger partial charge in [-0.3, -0.25) is 0 Å². The summed E-state index contributed by atoms with van der Waals surface area (Å²) in [5.74, 6) is -8.88. The highest BCUT2D eigenvalue weighted by Crippen LogP contribution is 2.39. The number of benzene rings is 4. The number of halogens is 8. The van der Waals surface area contributed by atoms with Gasteiger partial charge in [0.25, 0.3) is 0 Å². The van der Waals surface area contributed by atoms with Gasteiger partial charge in [0.1, 0.15) is 34.6 Å². The molecule has 1 aliphatic heterocycles. The van der Waals surface area contributed by atoms with E-state index in [9.17, 15) is 17.6 Å². The number of hydrogen-bond donors (Lipinski definition) is 0. The summed E-state index contributed by atoms with van der Waals surface area (Å²) < 4.78 is 139. The first-order valence-electron chi connectivity index (χ1n) is 14.6. The van der Waals surface area contributed by atoms with Gasteiger partial charge >= 0.3 is 6.11 Å². The van der Waals surface area contributed by atoms with Crippen molar-refractivity contribution in [2.45, 2.75) is 32.7 Å². The van der Waals surface area contributed by atoms with Crippen molar-refractivity contribution < 1.29 is 54.1 Å². The fourth-order valence-corrected chi connectivity index (χ4v) is 5.06. The maximum atomic E-state index is 15.1. The van der Waals surface area contributed by atoms with E-state index < -0.39 is 64.4 Å². The van der Waals surface area contributed by atoms with Crippen LogP contribution in [-0.4, -0.2) is 19.8 Å². The van der Waals surface area contributed by atoms with Crippen LogP contribution < -0.4 is 9.47 Å².